The van der Waals surface area contributed by atoms with Crippen LogP contribution in [-0.4, -0.2) is 58.6 Å². The number of imide groups is 1. The molecule has 3 N–H and O–H groups in total. The Morgan fingerprint density at radius 1 is 1.32 bits per heavy atom. The Morgan fingerprint density at radius 3 is 2.68 bits per heavy atom. The highest BCUT2D eigenvalue weighted by Gasteiger charge is 2.66. The molecule has 2 amide bonds. The first kappa shape index (κ1) is 19.9. The van der Waals surface area contributed by atoms with E-state index < -0.39 is 35.6 Å². The fourth-order valence-corrected chi connectivity index (χ4v) is 5.62. The van der Waals surface area contributed by atoms with Gasteiger partial charge in [0.05, 0.1) is 35.2 Å². The average molecular weight is 503 g/mol. The third-order valence-corrected chi connectivity index (χ3v) is 7.27. The molecule has 0 aromatic heterocycles. The minimum Gasteiger partial charge on any atom is -0.504 e. The highest BCUT2D eigenvalue weighted by atomic mass is 127. The summed E-state index contributed by atoms with van der Waals surface area (Å²) in [4.78, 5) is 26.3. The fraction of sp³-hybridized carbons (Fsp3) is 0.579. The number of carbonyl (C=O) groups is 2. The van der Waals surface area contributed by atoms with E-state index in [9.17, 15) is 24.9 Å². The number of nitrogens with zero attached hydrogens (tertiary/aromatic N) is 1. The van der Waals surface area contributed by atoms with Crippen molar-refractivity contribution in [2.75, 3.05) is 20.8 Å². The minimum atomic E-state index is -1.70. The van der Waals surface area contributed by atoms with Crippen LogP contribution >= 0.6 is 22.6 Å². The number of rotatable bonds is 3. The first-order chi connectivity index (χ1) is 13.2. The van der Waals surface area contributed by atoms with Gasteiger partial charge in [-0.3, -0.25) is 14.5 Å². The summed E-state index contributed by atoms with van der Waals surface area (Å²) in [7, 11) is 2.90. The Balaban J connectivity index is 1.73. The summed E-state index contributed by atoms with van der Waals surface area (Å²) in [5, 5.41) is 31.3. The maximum absolute atomic E-state index is 12.7. The molecule has 1 aromatic rings. The maximum Gasteiger partial charge on any atom is 0.233 e. The van der Waals surface area contributed by atoms with Gasteiger partial charge in [-0.2, -0.15) is 0 Å². The third kappa shape index (κ3) is 2.66. The first-order valence-electron chi connectivity index (χ1n) is 9.11. The minimum absolute atomic E-state index is 0.0208. The van der Waals surface area contributed by atoms with E-state index in [0.717, 1.165) is 4.90 Å². The second-order valence-electron chi connectivity index (χ2n) is 7.74. The number of fused-ring (bicyclic) bond motifs is 3. The van der Waals surface area contributed by atoms with Crippen LogP contribution in [0.25, 0.3) is 0 Å². The lowest BCUT2D eigenvalue weighted by molar-refractivity contribution is -0.274. The number of aliphatic hydroxyl groups excluding tert-OH is 1. The monoisotopic (exact) mass is 503 g/mol. The van der Waals surface area contributed by atoms with Crippen LogP contribution < -0.4 is 4.74 Å². The highest BCUT2D eigenvalue weighted by Crippen LogP contribution is 2.58. The van der Waals surface area contributed by atoms with Gasteiger partial charge in [-0.05, 0) is 53.1 Å². The lowest BCUT2D eigenvalue weighted by Gasteiger charge is -2.44. The van der Waals surface area contributed by atoms with E-state index in [0.29, 0.717) is 15.6 Å². The van der Waals surface area contributed by atoms with Crippen LogP contribution in [0.1, 0.15) is 24.5 Å². The number of phenols is 1. The average Bonchev–Trinajstić information content (AvgIpc) is 3.13. The quantitative estimate of drug-likeness (QED) is 0.417. The van der Waals surface area contributed by atoms with Gasteiger partial charge in [0.15, 0.2) is 17.3 Å². The highest BCUT2D eigenvalue weighted by molar-refractivity contribution is 14.1. The lowest BCUT2D eigenvalue weighted by atomic mass is 9.64. The number of halogens is 1. The molecule has 8 nitrogen and oxygen atoms in total. The summed E-state index contributed by atoms with van der Waals surface area (Å²) in [5.41, 5.74) is 0.695. The van der Waals surface area contributed by atoms with E-state index in [1.807, 2.05) is 22.6 Å². The van der Waals surface area contributed by atoms with Gasteiger partial charge in [0.1, 0.15) is 0 Å². The largest absolute Gasteiger partial charge is 0.504 e. The van der Waals surface area contributed by atoms with E-state index in [2.05, 4.69) is 0 Å². The molecule has 3 aliphatic rings. The van der Waals surface area contributed by atoms with Crippen LogP contribution in [0.4, 0.5) is 0 Å². The number of hydrogen-bond acceptors (Lipinski definition) is 7. The number of hydrogen-bond donors (Lipinski definition) is 3. The summed E-state index contributed by atoms with van der Waals surface area (Å²) < 4.78 is 11.8. The van der Waals surface area contributed by atoms with Crippen LogP contribution in [0.2, 0.25) is 0 Å². The zero-order chi connectivity index (χ0) is 20.4. The standard InChI is InChI=1S/C19H22INO7/c1-21-17(24)10-5-9(7-22)19(26)11(15(10)18(21)25)6-13(28-19)8-3-12(20)16(23)14(4-8)27-2/h3-4,9-11,13,15,22-23,26H,5-7H2,1-2H3/t9-,10+,11+,13+,15+,19-/m1/s1. The van der Waals surface area contributed by atoms with Gasteiger partial charge in [-0.1, -0.05) is 0 Å². The number of benzene rings is 1. The molecule has 3 fully saturated rings. The summed E-state index contributed by atoms with van der Waals surface area (Å²) in [6.07, 6.45) is -0.0308. The first-order valence-corrected chi connectivity index (χ1v) is 10.2. The molecule has 0 unspecified atom stereocenters. The molecule has 1 aromatic carbocycles. The van der Waals surface area contributed by atoms with Crippen LogP contribution in [0.3, 0.4) is 0 Å². The second-order valence-corrected chi connectivity index (χ2v) is 8.90. The molecule has 1 saturated carbocycles. The van der Waals surface area contributed by atoms with Crippen LogP contribution in [0.5, 0.6) is 11.5 Å². The second kappa shape index (κ2) is 6.82. The molecule has 152 valence electrons. The molecule has 9 heteroatoms. The smallest absolute Gasteiger partial charge is 0.233 e. The van der Waals surface area contributed by atoms with Crippen molar-refractivity contribution in [1.29, 1.82) is 0 Å². The van der Waals surface area contributed by atoms with Gasteiger partial charge >= 0.3 is 0 Å². The number of methoxy groups -OCH3 is 1. The van der Waals surface area contributed by atoms with Crippen molar-refractivity contribution >= 4 is 34.4 Å². The number of aliphatic hydroxyl groups is 2. The zero-order valence-electron chi connectivity index (χ0n) is 15.5. The molecule has 4 rings (SSSR count). The molecular formula is C19H22INO7. The summed E-state index contributed by atoms with van der Waals surface area (Å²) in [6, 6.07) is 3.38. The van der Waals surface area contributed by atoms with Crippen molar-refractivity contribution in [3.63, 3.8) is 0 Å². The van der Waals surface area contributed by atoms with Gasteiger partial charge in [-0.15, -0.1) is 0 Å². The van der Waals surface area contributed by atoms with Crippen molar-refractivity contribution in [2.24, 2.45) is 23.7 Å². The summed E-state index contributed by atoms with van der Waals surface area (Å²) >= 11 is 1.98. The third-order valence-electron chi connectivity index (χ3n) is 6.45. The number of likely N-dealkylation sites (tertiary alicyclic amines) is 1. The lowest BCUT2D eigenvalue weighted by Crippen LogP contribution is -2.54. The van der Waals surface area contributed by atoms with Crippen molar-refractivity contribution in [2.45, 2.75) is 24.7 Å². The number of aromatic hydroxyl groups is 1. The SMILES string of the molecule is COc1cc([C@@H]2C[C@H]3[C@H]4C(=O)N(C)C(=O)[C@H]4C[C@H](CO)[C@@]3(O)O2)cc(I)c1O. The maximum atomic E-state index is 12.7. The molecule has 0 bridgehead atoms. The number of amides is 2. The van der Waals surface area contributed by atoms with Gasteiger partial charge in [-0.25, -0.2) is 0 Å². The number of carbonyl (C=O) groups excluding carboxylic acids is 2. The molecular weight excluding hydrogens is 481 g/mol. The molecule has 2 heterocycles. The fourth-order valence-electron chi connectivity index (χ4n) is 4.99. The Kier molecular flexibility index (Phi) is 4.84. The van der Waals surface area contributed by atoms with E-state index in [1.54, 1.807) is 12.1 Å². The topological polar surface area (TPSA) is 117 Å². The van der Waals surface area contributed by atoms with Crippen molar-refractivity contribution in [1.82, 2.24) is 4.90 Å². The van der Waals surface area contributed by atoms with E-state index in [1.165, 1.54) is 14.2 Å². The molecule has 2 saturated heterocycles. The van der Waals surface area contributed by atoms with Crippen LogP contribution in [0.15, 0.2) is 12.1 Å². The van der Waals surface area contributed by atoms with Crippen molar-refractivity contribution in [3.05, 3.63) is 21.3 Å². The summed E-state index contributed by atoms with van der Waals surface area (Å²) in [5.74, 6) is -4.43. The molecule has 0 radical (unpaired) electrons. The predicted octanol–water partition coefficient (Wildman–Crippen LogP) is 1.01. The molecule has 0 spiro atoms. The van der Waals surface area contributed by atoms with Gasteiger partial charge in [0.25, 0.3) is 0 Å². The Bertz CT molecular complexity index is 846. The Hall–Kier alpha value is -1.43. The summed E-state index contributed by atoms with van der Waals surface area (Å²) in [6.45, 7) is -0.343. The Labute approximate surface area is 175 Å². The number of ether oxygens (including phenoxy) is 2. The van der Waals surface area contributed by atoms with Crippen molar-refractivity contribution in [3.8, 4) is 11.5 Å². The van der Waals surface area contributed by atoms with E-state index in [-0.39, 0.29) is 36.3 Å². The van der Waals surface area contributed by atoms with E-state index in [4.69, 9.17) is 9.47 Å². The number of phenolic OH excluding ortho intramolecular Hbond substituents is 1. The van der Waals surface area contributed by atoms with Crippen molar-refractivity contribution < 1.29 is 34.4 Å². The van der Waals surface area contributed by atoms with Gasteiger partial charge in [0.2, 0.25) is 11.8 Å². The van der Waals surface area contributed by atoms with Gasteiger partial charge < -0.3 is 24.8 Å². The van der Waals surface area contributed by atoms with E-state index >= 15 is 0 Å². The van der Waals surface area contributed by atoms with Crippen LogP contribution in [0, 0.1) is 27.2 Å². The molecule has 1 aliphatic carbocycles. The Morgan fingerprint density at radius 2 is 2.04 bits per heavy atom. The molecule has 2 aliphatic heterocycles. The predicted molar refractivity (Wildman–Crippen MR) is 104 cm³/mol. The molecule has 6 atom stereocenters. The molecule has 28 heavy (non-hydrogen) atoms. The zero-order valence-corrected chi connectivity index (χ0v) is 17.6. The van der Waals surface area contributed by atoms with Crippen LogP contribution in [-0.2, 0) is 14.3 Å². The van der Waals surface area contributed by atoms with Gasteiger partial charge in [0, 0.05) is 18.9 Å². The normalized spacial score (nSPS) is 37.2.